The Bertz CT molecular complexity index is 917. The molecule has 3 atom stereocenters. The van der Waals surface area contributed by atoms with Gasteiger partial charge >= 0.3 is 0 Å². The Morgan fingerprint density at radius 3 is 2.10 bits per heavy atom. The van der Waals surface area contributed by atoms with Crippen LogP contribution in [0.1, 0.15) is 36.8 Å². The van der Waals surface area contributed by atoms with Crippen molar-refractivity contribution in [1.82, 2.24) is 16.2 Å². The van der Waals surface area contributed by atoms with Crippen LogP contribution in [0, 0.1) is 17.3 Å². The van der Waals surface area contributed by atoms with E-state index in [0.29, 0.717) is 17.0 Å². The highest BCUT2D eigenvalue weighted by Gasteiger charge is 2.73. The summed E-state index contributed by atoms with van der Waals surface area (Å²) in [4.78, 5) is 2.78. The zero-order valence-corrected chi connectivity index (χ0v) is 17.7. The van der Waals surface area contributed by atoms with Crippen LogP contribution in [0.15, 0.2) is 48.5 Å². The molecule has 3 aliphatic carbocycles. The van der Waals surface area contributed by atoms with Crippen molar-refractivity contribution >= 4 is 11.4 Å². The zero-order valence-electron chi connectivity index (χ0n) is 17.7. The number of nitrogens with one attached hydrogen (secondary N) is 3. The molecule has 2 aromatic rings. The lowest BCUT2D eigenvalue weighted by atomic mass is 9.34. The SMILES string of the molecule is c1ccc2c(c1)CCc1ccccc1N2C12CC(C3CNC4CNNCC4C3)(C1)C2. The first-order chi connectivity index (χ1) is 14.8. The number of nitrogens with zero attached hydrogens (tertiary/aromatic N) is 1. The van der Waals surface area contributed by atoms with Gasteiger partial charge in [-0.2, -0.15) is 0 Å². The van der Waals surface area contributed by atoms with Gasteiger partial charge in [0.15, 0.2) is 0 Å². The lowest BCUT2D eigenvalue weighted by Gasteiger charge is -2.77. The topological polar surface area (TPSA) is 39.3 Å². The summed E-state index contributed by atoms with van der Waals surface area (Å²) in [6, 6.07) is 19.0. The molecule has 3 unspecified atom stereocenters. The maximum atomic E-state index is 3.89. The molecule has 3 heterocycles. The molecule has 3 N–H and O–H groups in total. The highest BCUT2D eigenvalue weighted by molar-refractivity contribution is 5.75. The lowest BCUT2D eigenvalue weighted by molar-refractivity contribution is -0.180. The molecule has 0 aromatic heterocycles. The van der Waals surface area contributed by atoms with Gasteiger partial charge in [-0.3, -0.25) is 10.9 Å². The van der Waals surface area contributed by atoms with E-state index >= 15 is 0 Å². The Kier molecular flexibility index (Phi) is 3.74. The molecule has 2 bridgehead atoms. The first-order valence-corrected chi connectivity index (χ1v) is 11.9. The normalized spacial score (nSPS) is 38.9. The minimum absolute atomic E-state index is 0.347. The van der Waals surface area contributed by atoms with E-state index in [4.69, 9.17) is 0 Å². The Morgan fingerprint density at radius 1 is 0.767 bits per heavy atom. The molecule has 6 aliphatic rings. The van der Waals surface area contributed by atoms with Crippen molar-refractivity contribution in [3.8, 4) is 0 Å². The van der Waals surface area contributed by atoms with Gasteiger partial charge in [-0.1, -0.05) is 36.4 Å². The molecule has 0 spiro atoms. The van der Waals surface area contributed by atoms with E-state index in [2.05, 4.69) is 69.6 Å². The van der Waals surface area contributed by atoms with Crippen LogP contribution < -0.4 is 21.1 Å². The molecular weight excluding hydrogens is 368 g/mol. The van der Waals surface area contributed by atoms with Crippen molar-refractivity contribution in [3.63, 3.8) is 0 Å². The molecule has 2 aromatic carbocycles. The van der Waals surface area contributed by atoms with E-state index in [9.17, 15) is 0 Å². The molecule has 4 nitrogen and oxygen atoms in total. The van der Waals surface area contributed by atoms with Gasteiger partial charge in [0.1, 0.15) is 0 Å². The number of rotatable bonds is 2. The van der Waals surface area contributed by atoms with Gasteiger partial charge in [-0.25, -0.2) is 0 Å². The van der Waals surface area contributed by atoms with Crippen LogP contribution in [0.4, 0.5) is 11.4 Å². The average Bonchev–Trinajstić information content (AvgIpc) is 2.90. The van der Waals surface area contributed by atoms with E-state index in [0.717, 1.165) is 37.8 Å². The summed E-state index contributed by atoms with van der Waals surface area (Å²) in [5, 5.41) is 3.89. The largest absolute Gasteiger partial charge is 0.335 e. The summed E-state index contributed by atoms with van der Waals surface area (Å²) in [6.07, 6.45) is 7.83. The van der Waals surface area contributed by atoms with Gasteiger partial charge in [0.05, 0.1) is 0 Å². The molecule has 0 amide bonds. The molecular formula is C26H32N4. The highest BCUT2D eigenvalue weighted by Crippen LogP contribution is 2.75. The third-order valence-corrected chi connectivity index (χ3v) is 9.11. The molecule has 3 saturated carbocycles. The number of hydrazine groups is 1. The van der Waals surface area contributed by atoms with E-state index in [1.165, 1.54) is 54.7 Å². The third-order valence-electron chi connectivity index (χ3n) is 9.11. The van der Waals surface area contributed by atoms with Gasteiger partial charge in [0.25, 0.3) is 0 Å². The Labute approximate surface area is 179 Å². The third kappa shape index (κ3) is 2.39. The summed E-state index contributed by atoms with van der Waals surface area (Å²) < 4.78 is 0. The smallest absolute Gasteiger partial charge is 0.0468 e. The quantitative estimate of drug-likeness (QED) is 0.721. The van der Waals surface area contributed by atoms with Crippen molar-refractivity contribution in [3.05, 3.63) is 59.7 Å². The molecule has 0 radical (unpaired) electrons. The molecule has 5 fully saturated rings. The fraction of sp³-hybridized carbons (Fsp3) is 0.538. The summed E-state index contributed by atoms with van der Waals surface area (Å²) in [5.74, 6) is 1.63. The second kappa shape index (κ2) is 6.32. The minimum atomic E-state index is 0.347. The predicted octanol–water partition coefficient (Wildman–Crippen LogP) is 3.55. The van der Waals surface area contributed by atoms with Crippen molar-refractivity contribution in [2.75, 3.05) is 24.5 Å². The van der Waals surface area contributed by atoms with Crippen LogP contribution in [-0.2, 0) is 12.8 Å². The zero-order chi connectivity index (χ0) is 19.8. The Hall–Kier alpha value is -1.88. The average molecular weight is 401 g/mol. The fourth-order valence-electron chi connectivity index (χ4n) is 7.66. The van der Waals surface area contributed by atoms with Crippen LogP contribution in [0.25, 0.3) is 0 Å². The van der Waals surface area contributed by atoms with E-state index < -0.39 is 0 Å². The molecule has 30 heavy (non-hydrogen) atoms. The number of piperidine rings is 1. The maximum absolute atomic E-state index is 3.89. The van der Waals surface area contributed by atoms with Crippen molar-refractivity contribution < 1.29 is 0 Å². The molecule has 156 valence electrons. The number of fused-ring (bicyclic) bond motifs is 3. The lowest BCUT2D eigenvalue weighted by Crippen LogP contribution is -2.77. The summed E-state index contributed by atoms with van der Waals surface area (Å²) >= 11 is 0. The summed E-state index contributed by atoms with van der Waals surface area (Å²) in [7, 11) is 0. The number of anilines is 2. The van der Waals surface area contributed by atoms with E-state index in [1.807, 2.05) is 0 Å². The summed E-state index contributed by atoms with van der Waals surface area (Å²) in [5.41, 5.74) is 13.6. The van der Waals surface area contributed by atoms with Crippen LogP contribution in [-0.4, -0.2) is 31.2 Å². The highest BCUT2D eigenvalue weighted by atomic mass is 15.4. The van der Waals surface area contributed by atoms with Crippen molar-refractivity contribution in [1.29, 1.82) is 0 Å². The van der Waals surface area contributed by atoms with Crippen LogP contribution in [0.3, 0.4) is 0 Å². The van der Waals surface area contributed by atoms with Crippen LogP contribution >= 0.6 is 0 Å². The van der Waals surface area contributed by atoms with Gasteiger partial charge in [-0.15, -0.1) is 0 Å². The van der Waals surface area contributed by atoms with Crippen molar-refractivity contribution in [2.24, 2.45) is 17.3 Å². The number of aryl methyl sites for hydroxylation is 2. The minimum Gasteiger partial charge on any atom is -0.335 e. The Balaban J connectivity index is 1.19. The van der Waals surface area contributed by atoms with Gasteiger partial charge < -0.3 is 10.2 Å². The van der Waals surface area contributed by atoms with Gasteiger partial charge in [0, 0.05) is 36.0 Å². The number of benzene rings is 2. The van der Waals surface area contributed by atoms with Gasteiger partial charge in [-0.05, 0) is 85.6 Å². The molecule has 2 saturated heterocycles. The summed E-state index contributed by atoms with van der Waals surface area (Å²) in [6.45, 7) is 3.39. The second-order valence-corrected chi connectivity index (χ2v) is 10.7. The molecule has 8 rings (SSSR count). The van der Waals surface area contributed by atoms with Crippen LogP contribution in [0.2, 0.25) is 0 Å². The number of hydrogen-bond acceptors (Lipinski definition) is 4. The monoisotopic (exact) mass is 400 g/mol. The second-order valence-electron chi connectivity index (χ2n) is 10.7. The fourth-order valence-corrected chi connectivity index (χ4v) is 7.66. The van der Waals surface area contributed by atoms with E-state index in [-0.39, 0.29) is 0 Å². The molecule has 4 heteroatoms. The number of para-hydroxylation sites is 2. The van der Waals surface area contributed by atoms with E-state index in [1.54, 1.807) is 0 Å². The van der Waals surface area contributed by atoms with Crippen molar-refractivity contribution in [2.45, 2.75) is 50.1 Å². The Morgan fingerprint density at radius 2 is 1.40 bits per heavy atom. The predicted molar refractivity (Wildman–Crippen MR) is 121 cm³/mol. The number of hydrogen-bond donors (Lipinski definition) is 3. The van der Waals surface area contributed by atoms with Gasteiger partial charge in [0.2, 0.25) is 0 Å². The molecule has 3 aliphatic heterocycles. The first-order valence-electron chi connectivity index (χ1n) is 11.9. The first kappa shape index (κ1) is 17.8. The maximum Gasteiger partial charge on any atom is 0.0468 e. The standard InChI is InChI=1S/C26H32N4/c1-3-7-23-18(5-1)9-10-19-6-2-4-8-24(19)30(23)26-15-25(16-26,17-26)21-11-20-12-28-29-14-22(20)27-13-21/h1-8,20-22,27-29H,9-17H2. The van der Waals surface area contributed by atoms with Crippen LogP contribution in [0.5, 0.6) is 0 Å².